The summed E-state index contributed by atoms with van der Waals surface area (Å²) >= 11 is 1.18. The number of imidazole rings is 1. The number of amides is 7. The second-order valence-electron chi connectivity index (χ2n) is 19.1. The van der Waals surface area contributed by atoms with Crippen LogP contribution in [0.25, 0.3) is 21.3 Å². The molecule has 2 aromatic carbocycles. The Morgan fingerprint density at radius 1 is 0.651 bits per heavy atom. The van der Waals surface area contributed by atoms with Gasteiger partial charge in [-0.15, -0.1) is 0 Å². The molecule has 0 atom stereocenters. The first-order valence-corrected chi connectivity index (χ1v) is 28.8. The second kappa shape index (κ2) is 32.7. The fraction of sp³-hybridized carbons (Fsp3) is 0.456. The molecular formula is C57H73N13O15S. The van der Waals surface area contributed by atoms with Gasteiger partial charge in [-0.3, -0.25) is 53.1 Å². The number of benzene rings is 2. The topological polar surface area (TPSA) is 343 Å². The third-order valence-electron chi connectivity index (χ3n) is 13.0. The lowest BCUT2D eigenvalue weighted by atomic mass is 10.1. The van der Waals surface area contributed by atoms with Gasteiger partial charge in [0.2, 0.25) is 23.7 Å². The number of hydrogen-bond donors (Lipinski definition) is 4. The molecule has 0 radical (unpaired) electrons. The molecule has 0 fully saturated rings. The number of hydrogen-bond acceptors (Lipinski definition) is 19. The van der Waals surface area contributed by atoms with Gasteiger partial charge in [0, 0.05) is 62.4 Å². The van der Waals surface area contributed by atoms with E-state index in [-0.39, 0.29) is 99.6 Å². The van der Waals surface area contributed by atoms with Crippen LogP contribution < -0.4 is 36.4 Å². The zero-order chi connectivity index (χ0) is 61.5. The number of nitrogens with two attached hydrogens (primary N) is 2. The first-order valence-electron chi connectivity index (χ1n) is 28.0. The van der Waals surface area contributed by atoms with Crippen LogP contribution >= 0.6 is 11.3 Å². The van der Waals surface area contributed by atoms with Crippen molar-refractivity contribution < 1.29 is 71.5 Å². The summed E-state index contributed by atoms with van der Waals surface area (Å²) in [5, 5.41) is 14.6. The maximum atomic E-state index is 13.9. The molecule has 0 aliphatic carbocycles. The Morgan fingerprint density at radius 2 is 1.19 bits per heavy atom. The molecule has 6 N–H and O–H groups in total. The number of nitrogens with zero attached hydrogens (tertiary/aromatic N) is 9. The highest BCUT2D eigenvalue weighted by molar-refractivity contribution is 7.16. The van der Waals surface area contributed by atoms with Crippen molar-refractivity contribution in [2.24, 2.45) is 16.5 Å². The van der Waals surface area contributed by atoms with Crippen molar-refractivity contribution >= 4 is 79.9 Å². The zero-order valence-corrected chi connectivity index (χ0v) is 49.7. The van der Waals surface area contributed by atoms with E-state index in [1.807, 2.05) is 26.0 Å². The van der Waals surface area contributed by atoms with Gasteiger partial charge in [-0.1, -0.05) is 23.5 Å². The summed E-state index contributed by atoms with van der Waals surface area (Å²) in [6.45, 7) is 13.0. The highest BCUT2D eigenvalue weighted by atomic mass is 32.1. The van der Waals surface area contributed by atoms with Gasteiger partial charge >= 0.3 is 0 Å². The molecule has 0 unspecified atom stereocenters. The van der Waals surface area contributed by atoms with Crippen LogP contribution in [-0.4, -0.2) is 186 Å². The lowest BCUT2D eigenvalue weighted by molar-refractivity contribution is -0.137. The summed E-state index contributed by atoms with van der Waals surface area (Å²) in [7, 11) is 1.46. The number of primary amides is 2. The Kier molecular flexibility index (Phi) is 24.8. The van der Waals surface area contributed by atoms with Gasteiger partial charge in [0.15, 0.2) is 4.80 Å². The van der Waals surface area contributed by atoms with Crippen molar-refractivity contribution in [1.82, 2.24) is 43.9 Å². The average molecular weight is 1210 g/mol. The van der Waals surface area contributed by atoms with Crippen LogP contribution in [0.5, 0.6) is 11.5 Å². The first-order chi connectivity index (χ1) is 41.6. The number of fused-ring (bicyclic) bond motifs is 2. The summed E-state index contributed by atoms with van der Waals surface area (Å²) in [4.78, 5) is 99.2. The summed E-state index contributed by atoms with van der Waals surface area (Å²) in [5.41, 5.74) is 15.0. The van der Waals surface area contributed by atoms with Crippen LogP contribution in [-0.2, 0) is 69.0 Å². The Bertz CT molecular complexity index is 3490. The van der Waals surface area contributed by atoms with Gasteiger partial charge < -0.3 is 63.8 Å². The number of aryl methyl sites for hydroxylation is 4. The second-order valence-corrected chi connectivity index (χ2v) is 20.1. The van der Waals surface area contributed by atoms with Crippen LogP contribution in [0.4, 0.5) is 5.95 Å². The van der Waals surface area contributed by atoms with Gasteiger partial charge in [-0.25, -0.2) is 4.98 Å². The number of nitrogens with one attached hydrogen (secondary N) is 2. The SMILES string of the molecule is CCn1nc(C)cc1C(=O)N=c1sc2cc(C(N)=O)cc(OC)c2n1C/C=C/Cn1c(NC(=O)c2cc(C)nn2CC)nc2cc(C(N)=O)cc(OCCCNC(=O)CCOCCOCCOCCOCCOCCOCCN3C(=O)C=CC3=O)c21. The molecule has 28 nitrogen and oxygen atoms in total. The van der Waals surface area contributed by atoms with E-state index in [1.54, 1.807) is 50.5 Å². The summed E-state index contributed by atoms with van der Waals surface area (Å²) < 4.78 is 52.3. The van der Waals surface area contributed by atoms with E-state index in [2.05, 4.69) is 25.8 Å². The first kappa shape index (κ1) is 65.1. The van der Waals surface area contributed by atoms with Crippen molar-refractivity contribution in [2.75, 3.05) is 111 Å². The van der Waals surface area contributed by atoms with Crippen molar-refractivity contribution in [3.05, 3.63) is 99.4 Å². The maximum Gasteiger partial charge on any atom is 0.297 e. The molecule has 7 amide bonds. The predicted molar refractivity (Wildman–Crippen MR) is 314 cm³/mol. The molecule has 0 saturated carbocycles. The van der Waals surface area contributed by atoms with Crippen LogP contribution in [0.3, 0.4) is 0 Å². The molecule has 29 heteroatoms. The number of carbonyl (C=O) groups excluding carboxylic acids is 7. The number of carbonyl (C=O) groups is 7. The highest BCUT2D eigenvalue weighted by Gasteiger charge is 2.24. The molecule has 1 aliphatic rings. The highest BCUT2D eigenvalue weighted by Crippen LogP contribution is 2.33. The normalized spacial score (nSPS) is 12.7. The number of methoxy groups -OCH3 is 1. The number of ether oxygens (including phenoxy) is 8. The third-order valence-corrected chi connectivity index (χ3v) is 14.0. The van der Waals surface area contributed by atoms with Crippen molar-refractivity contribution in [2.45, 2.75) is 66.7 Å². The summed E-state index contributed by atoms with van der Waals surface area (Å²) in [6, 6.07) is 9.50. The Balaban J connectivity index is 0.901. The molecule has 1 aliphatic heterocycles. The van der Waals surface area contributed by atoms with Gasteiger partial charge in [0.1, 0.15) is 33.9 Å². The minimum absolute atomic E-state index is 0.0984. The molecule has 5 heterocycles. The molecule has 86 heavy (non-hydrogen) atoms. The number of thiazole rings is 1. The Labute approximate surface area is 498 Å². The molecule has 462 valence electrons. The lowest BCUT2D eigenvalue weighted by Crippen LogP contribution is -2.33. The summed E-state index contributed by atoms with van der Waals surface area (Å²) in [5.74, 6) is -2.59. The van der Waals surface area contributed by atoms with E-state index < -0.39 is 23.6 Å². The zero-order valence-electron chi connectivity index (χ0n) is 48.8. The minimum atomic E-state index is -0.732. The minimum Gasteiger partial charge on any atom is -0.494 e. The molecule has 0 saturated heterocycles. The smallest absolute Gasteiger partial charge is 0.297 e. The van der Waals surface area contributed by atoms with E-state index in [0.717, 1.165) is 4.90 Å². The van der Waals surface area contributed by atoms with E-state index in [9.17, 15) is 33.6 Å². The van der Waals surface area contributed by atoms with Crippen molar-refractivity contribution in [3.8, 4) is 11.5 Å². The predicted octanol–water partition coefficient (Wildman–Crippen LogP) is 2.86. The van der Waals surface area contributed by atoms with Crippen LogP contribution in [0.2, 0.25) is 0 Å². The number of rotatable bonds is 38. The third kappa shape index (κ3) is 18.0. The van der Waals surface area contributed by atoms with E-state index in [4.69, 9.17) is 54.3 Å². The maximum absolute atomic E-state index is 13.9. The van der Waals surface area contributed by atoms with E-state index in [1.165, 1.54) is 48.8 Å². The van der Waals surface area contributed by atoms with E-state index >= 15 is 0 Å². The molecular weight excluding hydrogens is 1140 g/mol. The average Bonchev–Trinajstić information content (AvgIpc) is 1.78. The van der Waals surface area contributed by atoms with Crippen LogP contribution in [0.15, 0.2) is 65.7 Å². The van der Waals surface area contributed by atoms with Crippen LogP contribution in [0.1, 0.15) is 79.8 Å². The fourth-order valence-corrected chi connectivity index (χ4v) is 9.92. The van der Waals surface area contributed by atoms with Crippen LogP contribution in [0, 0.1) is 13.8 Å². The van der Waals surface area contributed by atoms with Crippen molar-refractivity contribution in [1.29, 1.82) is 0 Å². The van der Waals surface area contributed by atoms with E-state index in [0.29, 0.717) is 134 Å². The Morgan fingerprint density at radius 3 is 1.77 bits per heavy atom. The number of allylic oxidation sites excluding steroid dienone is 2. The largest absolute Gasteiger partial charge is 0.494 e. The number of aromatic nitrogens is 7. The van der Waals surface area contributed by atoms with Gasteiger partial charge in [-0.2, -0.15) is 15.2 Å². The quantitative estimate of drug-likeness (QED) is 0.0246. The fourth-order valence-electron chi connectivity index (χ4n) is 8.82. The standard InChI is InChI=1S/C57H73N13O15S/c1-6-69-42(31-37(3)64-69)54(76)62-56-61-41-33-39(52(58)74)35-45(85-18-10-14-60-47(71)13-19-79-21-23-81-25-27-83-29-30-84-28-26-82-24-22-80-20-17-66-48(72)11-12-49(66)73)50(41)67(56)15-8-9-16-68-51-44(78-5)34-40(53(59)75)36-46(51)86-57(68)63-55(77)43-32-38(4)65-70(43)7-2/h8-9,11-12,31-36H,6-7,10,13-30H2,1-5H3,(H2,58,74)(H2,59,75)(H,60,71)(H,61,62,76)/b9-8+,63-57?. The van der Waals surface area contributed by atoms with Crippen molar-refractivity contribution in [3.63, 3.8) is 0 Å². The molecule has 0 bridgehead atoms. The number of anilines is 1. The van der Waals surface area contributed by atoms with Gasteiger partial charge in [0.05, 0.1) is 121 Å². The molecule has 4 aromatic heterocycles. The Hall–Kier alpha value is -8.45. The summed E-state index contributed by atoms with van der Waals surface area (Å²) in [6.07, 6.45) is 6.63. The van der Waals surface area contributed by atoms with Gasteiger partial charge in [-0.05, 0) is 70.5 Å². The lowest BCUT2D eigenvalue weighted by Gasteiger charge is -2.13. The molecule has 6 aromatic rings. The monoisotopic (exact) mass is 1210 g/mol. The number of imide groups is 1. The molecule has 0 spiro atoms. The molecule has 7 rings (SSSR count). The van der Waals surface area contributed by atoms with Gasteiger partial charge in [0.25, 0.3) is 23.6 Å².